The minimum Gasteiger partial charge on any atom is -0.474 e. The van der Waals surface area contributed by atoms with Crippen molar-refractivity contribution in [2.24, 2.45) is 5.73 Å². The number of aromatic nitrogens is 1. The van der Waals surface area contributed by atoms with E-state index in [0.29, 0.717) is 30.7 Å². The summed E-state index contributed by atoms with van der Waals surface area (Å²) >= 11 is 5.01. The SMILES string of the molecule is CC/C=C(\N)OC(C)(C)C.CSc1cc(C#N)ccc1CC1=C(Nc2cncc(Br)c2)CCC1=O. The molecule has 3 N–H and O–H groups in total. The highest BCUT2D eigenvalue weighted by Crippen LogP contribution is 2.31. The number of hydrogen-bond acceptors (Lipinski definition) is 7. The normalized spacial score (nSPS) is 13.7. The highest BCUT2D eigenvalue weighted by atomic mass is 79.9. The first-order chi connectivity index (χ1) is 16.6. The number of ether oxygens (including phenoxy) is 1. The minimum atomic E-state index is -0.171. The molecule has 0 spiro atoms. The molecule has 0 radical (unpaired) electrons. The summed E-state index contributed by atoms with van der Waals surface area (Å²) in [5, 5.41) is 12.4. The summed E-state index contributed by atoms with van der Waals surface area (Å²) in [5.74, 6) is 0.705. The van der Waals surface area contributed by atoms with Crippen LogP contribution in [0.2, 0.25) is 0 Å². The van der Waals surface area contributed by atoms with Crippen molar-refractivity contribution < 1.29 is 9.53 Å². The van der Waals surface area contributed by atoms with Crippen LogP contribution in [0, 0.1) is 11.3 Å². The Morgan fingerprint density at radius 2 is 2.06 bits per heavy atom. The molecule has 8 heteroatoms. The third-order valence-corrected chi connectivity index (χ3v) is 6.17. The van der Waals surface area contributed by atoms with Gasteiger partial charge in [-0.1, -0.05) is 13.0 Å². The minimum absolute atomic E-state index is 0.171. The number of rotatable bonds is 7. The van der Waals surface area contributed by atoms with E-state index in [2.05, 4.69) is 32.3 Å². The molecular weight excluding hydrogens is 524 g/mol. The molecular formula is C27H33BrN4O2S. The lowest BCUT2D eigenvalue weighted by molar-refractivity contribution is -0.115. The van der Waals surface area contributed by atoms with Crippen LogP contribution in [0.5, 0.6) is 0 Å². The molecule has 1 aliphatic rings. The molecule has 1 aromatic heterocycles. The molecule has 0 fully saturated rings. The van der Waals surface area contributed by atoms with Gasteiger partial charge >= 0.3 is 0 Å². The number of ketones is 1. The second-order valence-corrected chi connectivity index (χ2v) is 10.7. The summed E-state index contributed by atoms with van der Waals surface area (Å²) < 4.78 is 6.21. The zero-order valence-electron chi connectivity index (χ0n) is 20.9. The molecule has 3 rings (SSSR count). The van der Waals surface area contributed by atoms with Crippen molar-refractivity contribution in [2.45, 2.75) is 63.9 Å². The number of nitriles is 1. The average molecular weight is 558 g/mol. The van der Waals surface area contributed by atoms with Gasteiger partial charge in [0, 0.05) is 39.7 Å². The molecule has 35 heavy (non-hydrogen) atoms. The van der Waals surface area contributed by atoms with Crippen molar-refractivity contribution in [3.63, 3.8) is 0 Å². The van der Waals surface area contributed by atoms with E-state index in [1.54, 1.807) is 30.2 Å². The first-order valence-electron chi connectivity index (χ1n) is 11.4. The fourth-order valence-electron chi connectivity index (χ4n) is 3.45. The van der Waals surface area contributed by atoms with Gasteiger partial charge in [-0.3, -0.25) is 9.78 Å². The Hall–Kier alpha value is -2.76. The van der Waals surface area contributed by atoms with Crippen molar-refractivity contribution in [1.82, 2.24) is 4.98 Å². The van der Waals surface area contributed by atoms with Crippen molar-refractivity contribution in [2.75, 3.05) is 11.6 Å². The van der Waals surface area contributed by atoms with Gasteiger partial charge in [0.25, 0.3) is 0 Å². The molecule has 0 bridgehead atoms. The van der Waals surface area contributed by atoms with E-state index in [0.717, 1.165) is 38.3 Å². The van der Waals surface area contributed by atoms with Gasteiger partial charge in [-0.15, -0.1) is 11.8 Å². The summed E-state index contributed by atoms with van der Waals surface area (Å²) in [7, 11) is 0. The van der Waals surface area contributed by atoms with Gasteiger partial charge in [0.2, 0.25) is 0 Å². The van der Waals surface area contributed by atoms with Crippen molar-refractivity contribution in [3.8, 4) is 6.07 Å². The molecule has 1 heterocycles. The van der Waals surface area contributed by atoms with Crippen molar-refractivity contribution >= 4 is 39.2 Å². The number of benzene rings is 1. The van der Waals surface area contributed by atoms with Gasteiger partial charge in [0.05, 0.1) is 23.5 Å². The van der Waals surface area contributed by atoms with Crippen LogP contribution in [0.25, 0.3) is 0 Å². The van der Waals surface area contributed by atoms with Crippen LogP contribution in [0.1, 0.15) is 58.1 Å². The predicted octanol–water partition coefficient (Wildman–Crippen LogP) is 6.72. The summed E-state index contributed by atoms with van der Waals surface area (Å²) in [4.78, 5) is 17.6. The molecule has 0 saturated carbocycles. The van der Waals surface area contributed by atoms with Crippen LogP contribution in [-0.2, 0) is 16.0 Å². The third-order valence-electron chi connectivity index (χ3n) is 4.92. The molecule has 2 aromatic rings. The van der Waals surface area contributed by atoms with Crippen LogP contribution in [0.3, 0.4) is 0 Å². The van der Waals surface area contributed by atoms with Crippen LogP contribution in [-0.4, -0.2) is 22.6 Å². The third kappa shape index (κ3) is 9.42. The van der Waals surface area contributed by atoms with E-state index >= 15 is 0 Å². The number of thioether (sulfide) groups is 1. The van der Waals surface area contributed by atoms with E-state index in [9.17, 15) is 4.79 Å². The number of halogens is 1. The summed E-state index contributed by atoms with van der Waals surface area (Å²) in [5.41, 5.74) is 9.69. The standard InChI is InChI=1S/C19H16BrN3OS.C8H17NO/c1-25-19-6-12(9-21)2-3-13(19)7-16-17(4-5-18(16)24)23-15-8-14(20)10-22-11-15;1-5-6-7(9)10-8(2,3)4/h2-3,6,8,10-11,23H,4-5,7H2,1H3;6H,5,9H2,1-4H3/b;7-6+. The second kappa shape index (κ2) is 13.4. The van der Waals surface area contributed by atoms with Gasteiger partial charge in [-0.25, -0.2) is 0 Å². The average Bonchev–Trinajstić information content (AvgIpc) is 3.12. The lowest BCUT2D eigenvalue weighted by atomic mass is 10.0. The number of nitrogens with zero attached hydrogens (tertiary/aromatic N) is 2. The first kappa shape index (κ1) is 28.5. The van der Waals surface area contributed by atoms with E-state index in [-0.39, 0.29) is 11.4 Å². The number of carbonyl (C=O) groups is 1. The Morgan fingerprint density at radius 1 is 1.31 bits per heavy atom. The van der Waals surface area contributed by atoms with E-state index < -0.39 is 0 Å². The monoisotopic (exact) mass is 556 g/mol. The summed E-state index contributed by atoms with van der Waals surface area (Å²) in [6, 6.07) is 9.73. The van der Waals surface area contributed by atoms with Crippen LogP contribution < -0.4 is 11.1 Å². The lowest BCUT2D eigenvalue weighted by Gasteiger charge is -2.20. The number of allylic oxidation sites excluding steroid dienone is 3. The smallest absolute Gasteiger partial charge is 0.180 e. The number of nitrogens with one attached hydrogen (secondary N) is 1. The topological polar surface area (TPSA) is 101 Å². The van der Waals surface area contributed by atoms with Gasteiger partial charge < -0.3 is 15.8 Å². The highest BCUT2D eigenvalue weighted by molar-refractivity contribution is 9.10. The van der Waals surface area contributed by atoms with Crippen molar-refractivity contribution in [3.05, 3.63) is 75.5 Å². The molecule has 0 aliphatic heterocycles. The molecule has 0 unspecified atom stereocenters. The van der Waals surface area contributed by atoms with Gasteiger partial charge in [0.1, 0.15) is 5.60 Å². The Bertz CT molecular complexity index is 1150. The fourth-order valence-corrected chi connectivity index (χ4v) is 4.47. The second-order valence-electron chi connectivity index (χ2n) is 8.94. The maximum atomic E-state index is 12.4. The Morgan fingerprint density at radius 3 is 2.66 bits per heavy atom. The van der Waals surface area contributed by atoms with E-state index in [4.69, 9.17) is 15.7 Å². The molecule has 186 valence electrons. The van der Waals surface area contributed by atoms with Gasteiger partial charge in [-0.05, 0) is 85.6 Å². The Labute approximate surface area is 221 Å². The van der Waals surface area contributed by atoms with Gasteiger partial charge in [0.15, 0.2) is 11.7 Å². The quantitative estimate of drug-likeness (QED) is 0.288. The summed E-state index contributed by atoms with van der Waals surface area (Å²) in [6.45, 7) is 7.95. The Balaban J connectivity index is 0.000000367. The number of hydrogen-bond donors (Lipinski definition) is 2. The number of pyridine rings is 1. The molecule has 0 amide bonds. The van der Waals surface area contributed by atoms with Gasteiger partial charge in [-0.2, -0.15) is 5.26 Å². The lowest BCUT2D eigenvalue weighted by Crippen LogP contribution is -2.21. The van der Waals surface area contributed by atoms with Crippen LogP contribution in [0.15, 0.2) is 69.3 Å². The molecule has 0 saturated heterocycles. The molecule has 1 aromatic carbocycles. The highest BCUT2D eigenvalue weighted by Gasteiger charge is 2.24. The first-order valence-corrected chi connectivity index (χ1v) is 13.4. The van der Waals surface area contributed by atoms with Crippen molar-refractivity contribution in [1.29, 1.82) is 5.26 Å². The predicted molar refractivity (Wildman–Crippen MR) is 147 cm³/mol. The maximum Gasteiger partial charge on any atom is 0.180 e. The number of anilines is 1. The fraction of sp³-hybridized carbons (Fsp3) is 0.370. The summed E-state index contributed by atoms with van der Waals surface area (Å²) in [6.07, 6.45) is 10.1. The number of carbonyl (C=O) groups excluding carboxylic acids is 1. The largest absolute Gasteiger partial charge is 0.474 e. The van der Waals surface area contributed by atoms with Crippen LogP contribution in [0.4, 0.5) is 5.69 Å². The maximum absolute atomic E-state index is 12.4. The van der Waals surface area contributed by atoms with E-state index in [1.165, 1.54) is 0 Å². The number of Topliss-reactive ketones (excluding diaryl/α,β-unsaturated/α-hetero) is 1. The van der Waals surface area contributed by atoms with Crippen LogP contribution >= 0.6 is 27.7 Å². The number of nitrogens with two attached hydrogens (primary N) is 1. The zero-order valence-corrected chi connectivity index (χ0v) is 23.3. The molecule has 1 aliphatic carbocycles. The zero-order chi connectivity index (χ0) is 26.0. The van der Waals surface area contributed by atoms with E-state index in [1.807, 2.05) is 58.2 Å². The molecule has 6 nitrogen and oxygen atoms in total. The molecule has 0 atom stereocenters. The Kier molecular flexibility index (Phi) is 10.9.